The van der Waals surface area contributed by atoms with Gasteiger partial charge in [-0.3, -0.25) is 9.59 Å². The molecule has 3 heterocycles. The second-order valence-corrected chi connectivity index (χ2v) is 12.4. The van der Waals surface area contributed by atoms with Gasteiger partial charge in [-0.2, -0.15) is 9.78 Å². The minimum absolute atomic E-state index is 0.0919. The third-order valence-electron chi connectivity index (χ3n) is 6.30. The lowest BCUT2D eigenvalue weighted by molar-refractivity contribution is -0.140. The molecule has 3 rings (SSSR count). The van der Waals surface area contributed by atoms with Gasteiger partial charge in [0, 0.05) is 35.9 Å². The highest BCUT2D eigenvalue weighted by Crippen LogP contribution is 2.44. The van der Waals surface area contributed by atoms with E-state index in [-0.39, 0.29) is 42.9 Å². The van der Waals surface area contributed by atoms with Crippen molar-refractivity contribution in [3.05, 3.63) is 27.0 Å². The van der Waals surface area contributed by atoms with Crippen molar-refractivity contribution in [2.75, 3.05) is 27.4 Å². The van der Waals surface area contributed by atoms with Crippen LogP contribution in [0, 0.1) is 10.8 Å². The van der Waals surface area contributed by atoms with Crippen LogP contribution >= 0.6 is 22.9 Å². The maximum Gasteiger partial charge on any atom is 0.263 e. The molecular formula is C25H36ClN3O5S. The number of hydrogen-bond donors (Lipinski definition) is 0. The van der Waals surface area contributed by atoms with Crippen molar-refractivity contribution in [1.82, 2.24) is 14.7 Å². The number of amides is 1. The zero-order chi connectivity index (χ0) is 26.1. The minimum atomic E-state index is -0.844. The van der Waals surface area contributed by atoms with Gasteiger partial charge in [0.2, 0.25) is 11.7 Å². The first kappa shape index (κ1) is 27.5. The molecule has 0 aliphatic carbocycles. The standard InChI is InChI=1S/C25H36ClN3O5S/c1-15-17(11-12-28(15)22(30)24(2,3)4)19-20(33-8)21(34-13-16-9-10-18(26)35-16)29(27-19)23(31)25(5,6)14-32-7/h9-10,15,17H,11-14H2,1-8H3. The third-order valence-corrected chi connectivity index (χ3v) is 7.50. The van der Waals surface area contributed by atoms with E-state index in [0.717, 1.165) is 4.88 Å². The van der Waals surface area contributed by atoms with Gasteiger partial charge in [0.05, 0.1) is 23.5 Å². The Hall–Kier alpha value is -2.10. The second kappa shape index (κ2) is 10.5. The molecular weight excluding hydrogens is 490 g/mol. The van der Waals surface area contributed by atoms with Gasteiger partial charge in [-0.1, -0.05) is 32.4 Å². The van der Waals surface area contributed by atoms with Gasteiger partial charge in [0.15, 0.2) is 0 Å². The number of aromatic nitrogens is 2. The molecule has 1 fully saturated rings. The lowest BCUT2D eigenvalue weighted by Gasteiger charge is -2.30. The summed E-state index contributed by atoms with van der Waals surface area (Å²) in [6.07, 6.45) is 0.714. The number of thiophene rings is 1. The lowest BCUT2D eigenvalue weighted by atomic mass is 9.93. The summed E-state index contributed by atoms with van der Waals surface area (Å²) in [4.78, 5) is 29.4. The molecule has 0 aromatic carbocycles. The highest BCUT2D eigenvalue weighted by atomic mass is 35.5. The van der Waals surface area contributed by atoms with Crippen LogP contribution in [-0.4, -0.2) is 59.9 Å². The Balaban J connectivity index is 2.02. The predicted molar refractivity (Wildman–Crippen MR) is 137 cm³/mol. The van der Waals surface area contributed by atoms with Crippen molar-refractivity contribution in [2.24, 2.45) is 10.8 Å². The van der Waals surface area contributed by atoms with Crippen LogP contribution in [-0.2, 0) is 16.1 Å². The molecule has 2 atom stereocenters. The van der Waals surface area contributed by atoms with Crippen LogP contribution in [0.5, 0.6) is 11.6 Å². The Morgan fingerprint density at radius 3 is 2.40 bits per heavy atom. The summed E-state index contributed by atoms with van der Waals surface area (Å²) < 4.78 is 19.2. The normalized spacial score (nSPS) is 18.7. The molecule has 0 bridgehead atoms. The first-order valence-corrected chi connectivity index (χ1v) is 12.9. The summed E-state index contributed by atoms with van der Waals surface area (Å²) >= 11 is 7.48. The topological polar surface area (TPSA) is 82.9 Å². The van der Waals surface area contributed by atoms with E-state index in [1.807, 2.05) is 38.7 Å². The molecule has 2 aromatic rings. The Morgan fingerprint density at radius 2 is 1.86 bits per heavy atom. The van der Waals surface area contributed by atoms with Crippen LogP contribution in [0.4, 0.5) is 0 Å². The van der Waals surface area contributed by atoms with Crippen molar-refractivity contribution in [3.63, 3.8) is 0 Å². The molecule has 1 amide bonds. The highest BCUT2D eigenvalue weighted by molar-refractivity contribution is 7.16. The van der Waals surface area contributed by atoms with Gasteiger partial charge in [-0.25, -0.2) is 0 Å². The number of methoxy groups -OCH3 is 2. The van der Waals surface area contributed by atoms with E-state index in [0.29, 0.717) is 28.7 Å². The number of ether oxygens (including phenoxy) is 3. The zero-order valence-electron chi connectivity index (χ0n) is 21.8. The fourth-order valence-electron chi connectivity index (χ4n) is 4.40. The SMILES string of the molecule is COCC(C)(C)C(=O)n1nc(C2CCN(C(=O)C(C)(C)C)C2C)c(OC)c1OCc1ccc(Cl)s1. The number of carbonyl (C=O) groups excluding carboxylic acids is 2. The molecule has 0 saturated carbocycles. The smallest absolute Gasteiger partial charge is 0.263 e. The summed E-state index contributed by atoms with van der Waals surface area (Å²) in [5.41, 5.74) is -0.712. The molecule has 10 heteroatoms. The Kier molecular flexibility index (Phi) is 8.23. The van der Waals surface area contributed by atoms with Gasteiger partial charge in [-0.15, -0.1) is 11.3 Å². The van der Waals surface area contributed by atoms with Crippen LogP contribution < -0.4 is 9.47 Å². The van der Waals surface area contributed by atoms with Crippen molar-refractivity contribution < 1.29 is 23.8 Å². The van der Waals surface area contributed by atoms with E-state index in [1.54, 1.807) is 34.1 Å². The number of rotatable bonds is 8. The molecule has 1 aliphatic rings. The number of hydrogen-bond acceptors (Lipinski definition) is 7. The number of nitrogens with zero attached hydrogens (tertiary/aromatic N) is 3. The van der Waals surface area contributed by atoms with Crippen LogP contribution in [0.2, 0.25) is 4.34 Å². The number of halogens is 1. The van der Waals surface area contributed by atoms with E-state index in [2.05, 4.69) is 0 Å². The van der Waals surface area contributed by atoms with E-state index in [4.69, 9.17) is 30.9 Å². The minimum Gasteiger partial charge on any atom is -0.490 e. The molecule has 0 N–H and O–H groups in total. The predicted octanol–water partition coefficient (Wildman–Crippen LogP) is 5.25. The van der Waals surface area contributed by atoms with Crippen LogP contribution in [0.15, 0.2) is 12.1 Å². The van der Waals surface area contributed by atoms with Crippen LogP contribution in [0.3, 0.4) is 0 Å². The molecule has 1 aliphatic heterocycles. The van der Waals surface area contributed by atoms with Gasteiger partial charge in [0.1, 0.15) is 12.3 Å². The first-order chi connectivity index (χ1) is 16.3. The monoisotopic (exact) mass is 525 g/mol. The summed E-state index contributed by atoms with van der Waals surface area (Å²) in [6.45, 7) is 12.4. The average molecular weight is 526 g/mol. The van der Waals surface area contributed by atoms with Crippen LogP contribution in [0.25, 0.3) is 0 Å². The Morgan fingerprint density at radius 1 is 1.17 bits per heavy atom. The molecule has 8 nitrogen and oxygen atoms in total. The van der Waals surface area contributed by atoms with Crippen molar-refractivity contribution >= 4 is 34.8 Å². The average Bonchev–Trinajstić information content (AvgIpc) is 3.46. The molecule has 35 heavy (non-hydrogen) atoms. The van der Waals surface area contributed by atoms with Gasteiger partial charge >= 0.3 is 0 Å². The lowest BCUT2D eigenvalue weighted by Crippen LogP contribution is -2.42. The van der Waals surface area contributed by atoms with Crippen molar-refractivity contribution in [3.8, 4) is 11.6 Å². The molecule has 2 aromatic heterocycles. The van der Waals surface area contributed by atoms with Crippen LogP contribution in [0.1, 0.15) is 69.2 Å². The zero-order valence-corrected chi connectivity index (χ0v) is 23.4. The Labute approximate surface area is 216 Å². The largest absolute Gasteiger partial charge is 0.490 e. The second-order valence-electron chi connectivity index (χ2n) is 10.6. The van der Waals surface area contributed by atoms with E-state index >= 15 is 0 Å². The summed E-state index contributed by atoms with van der Waals surface area (Å²) in [5, 5.41) is 4.74. The maximum absolute atomic E-state index is 13.6. The first-order valence-electron chi connectivity index (χ1n) is 11.7. The fourth-order valence-corrected chi connectivity index (χ4v) is 5.40. The van der Waals surface area contributed by atoms with Gasteiger partial charge in [0.25, 0.3) is 11.8 Å². The highest BCUT2D eigenvalue weighted by Gasteiger charge is 2.43. The third kappa shape index (κ3) is 5.67. The Bertz CT molecular complexity index is 1070. The summed E-state index contributed by atoms with van der Waals surface area (Å²) in [5.74, 6) is 0.380. The summed E-state index contributed by atoms with van der Waals surface area (Å²) in [7, 11) is 3.10. The van der Waals surface area contributed by atoms with E-state index < -0.39 is 10.8 Å². The maximum atomic E-state index is 13.6. The quantitative estimate of drug-likeness (QED) is 0.468. The summed E-state index contributed by atoms with van der Waals surface area (Å²) in [6, 6.07) is 3.58. The van der Waals surface area contributed by atoms with E-state index in [9.17, 15) is 9.59 Å². The number of carbonyl (C=O) groups is 2. The van der Waals surface area contributed by atoms with Crippen molar-refractivity contribution in [2.45, 2.75) is 66.5 Å². The van der Waals surface area contributed by atoms with E-state index in [1.165, 1.54) is 16.0 Å². The fraction of sp³-hybridized carbons (Fsp3) is 0.640. The molecule has 0 radical (unpaired) electrons. The molecule has 194 valence electrons. The van der Waals surface area contributed by atoms with Gasteiger partial charge in [-0.05, 0) is 39.3 Å². The number of likely N-dealkylation sites (tertiary alicyclic amines) is 1. The molecule has 1 saturated heterocycles. The molecule has 2 unspecified atom stereocenters. The van der Waals surface area contributed by atoms with Crippen molar-refractivity contribution in [1.29, 1.82) is 0 Å². The molecule has 0 spiro atoms. The van der Waals surface area contributed by atoms with Gasteiger partial charge < -0.3 is 19.1 Å².